The molecule has 4 rings (SSSR count). The van der Waals surface area contributed by atoms with Gasteiger partial charge in [-0.1, -0.05) is 42.5 Å². The molecular formula is C23H23NO4. The second-order valence-electron chi connectivity index (χ2n) is 7.01. The fourth-order valence-electron chi connectivity index (χ4n) is 3.83. The lowest BCUT2D eigenvalue weighted by Gasteiger charge is -2.22. The van der Waals surface area contributed by atoms with Gasteiger partial charge in [-0.05, 0) is 48.2 Å². The number of nitrogens with zero attached hydrogens (tertiary/aromatic N) is 1. The second-order valence-corrected chi connectivity index (χ2v) is 7.01. The molecule has 1 aliphatic heterocycles. The molecule has 2 aromatic carbocycles. The van der Waals surface area contributed by atoms with Gasteiger partial charge in [0.15, 0.2) is 0 Å². The van der Waals surface area contributed by atoms with E-state index in [9.17, 15) is 9.90 Å². The standard InChI is InChI=1S/C23H23NO4/c25-23(26)24-14-4-8-19(24)16-28-20-12-10-18(11-13-20)22(21-9-5-15-27-21)17-6-2-1-3-7-17/h1-3,5-7,9-13,15,19,22H,4,8,14,16H2,(H,25,26)/t19-,22?/m1/s1. The minimum absolute atomic E-state index is 0.0163. The quantitative estimate of drug-likeness (QED) is 0.658. The van der Waals surface area contributed by atoms with E-state index in [1.165, 1.54) is 4.90 Å². The predicted octanol–water partition coefficient (Wildman–Crippen LogP) is 4.98. The Bertz CT molecular complexity index is 890. The largest absolute Gasteiger partial charge is 0.491 e. The average Bonchev–Trinajstić information content (AvgIpc) is 3.41. The van der Waals surface area contributed by atoms with Crippen LogP contribution in [0.4, 0.5) is 4.79 Å². The van der Waals surface area contributed by atoms with Gasteiger partial charge in [-0.2, -0.15) is 0 Å². The summed E-state index contributed by atoms with van der Waals surface area (Å²) in [6.07, 6.45) is 2.56. The number of furan rings is 1. The van der Waals surface area contributed by atoms with Crippen LogP contribution in [0.5, 0.6) is 5.75 Å². The second kappa shape index (κ2) is 8.21. The minimum atomic E-state index is -0.870. The van der Waals surface area contributed by atoms with E-state index in [1.807, 2.05) is 54.6 Å². The van der Waals surface area contributed by atoms with E-state index >= 15 is 0 Å². The van der Waals surface area contributed by atoms with Crippen LogP contribution in [0.1, 0.15) is 35.6 Å². The molecule has 1 aliphatic rings. The highest BCUT2D eigenvalue weighted by Crippen LogP contribution is 2.33. The number of hydrogen-bond acceptors (Lipinski definition) is 3. The van der Waals surface area contributed by atoms with E-state index in [4.69, 9.17) is 9.15 Å². The highest BCUT2D eigenvalue weighted by Gasteiger charge is 2.29. The zero-order chi connectivity index (χ0) is 19.3. The maximum absolute atomic E-state index is 11.3. The van der Waals surface area contributed by atoms with Crippen molar-refractivity contribution in [2.24, 2.45) is 0 Å². The molecule has 1 saturated heterocycles. The van der Waals surface area contributed by atoms with Gasteiger partial charge in [0.25, 0.3) is 0 Å². The Morgan fingerprint density at radius 2 is 1.82 bits per heavy atom. The number of benzene rings is 2. The Morgan fingerprint density at radius 3 is 2.50 bits per heavy atom. The average molecular weight is 377 g/mol. The van der Waals surface area contributed by atoms with Crippen LogP contribution in [-0.2, 0) is 0 Å². The van der Waals surface area contributed by atoms with Crippen molar-refractivity contribution in [3.63, 3.8) is 0 Å². The number of carboxylic acid groups (broad SMARTS) is 1. The Balaban J connectivity index is 1.49. The van der Waals surface area contributed by atoms with Crippen LogP contribution in [-0.4, -0.2) is 35.3 Å². The van der Waals surface area contributed by atoms with Gasteiger partial charge in [-0.15, -0.1) is 0 Å². The molecule has 1 fully saturated rings. The molecule has 5 heteroatoms. The summed E-state index contributed by atoms with van der Waals surface area (Å²) < 4.78 is 11.6. The van der Waals surface area contributed by atoms with Gasteiger partial charge in [-0.25, -0.2) is 4.79 Å². The van der Waals surface area contributed by atoms with Crippen LogP contribution in [0.3, 0.4) is 0 Å². The van der Waals surface area contributed by atoms with Gasteiger partial charge < -0.3 is 19.2 Å². The Morgan fingerprint density at radius 1 is 1.07 bits per heavy atom. The molecule has 3 aromatic rings. The molecular weight excluding hydrogens is 354 g/mol. The molecule has 2 heterocycles. The number of amides is 1. The maximum Gasteiger partial charge on any atom is 0.407 e. The summed E-state index contributed by atoms with van der Waals surface area (Å²) in [5.74, 6) is 1.65. The molecule has 2 atom stereocenters. The Hall–Kier alpha value is -3.21. The highest BCUT2D eigenvalue weighted by atomic mass is 16.5. The van der Waals surface area contributed by atoms with Crippen molar-refractivity contribution in [2.75, 3.05) is 13.2 Å². The third kappa shape index (κ3) is 3.88. The number of hydrogen-bond donors (Lipinski definition) is 1. The lowest BCUT2D eigenvalue weighted by molar-refractivity contribution is 0.123. The van der Waals surface area contributed by atoms with Crippen LogP contribution < -0.4 is 4.74 Å². The number of rotatable bonds is 6. The summed E-state index contributed by atoms with van der Waals surface area (Å²) in [6.45, 7) is 0.968. The van der Waals surface area contributed by atoms with Crippen molar-refractivity contribution in [2.45, 2.75) is 24.8 Å². The molecule has 0 saturated carbocycles. The zero-order valence-corrected chi connectivity index (χ0v) is 15.5. The first-order valence-corrected chi connectivity index (χ1v) is 9.53. The third-order valence-corrected chi connectivity index (χ3v) is 5.24. The topological polar surface area (TPSA) is 62.9 Å². The van der Waals surface area contributed by atoms with Crippen molar-refractivity contribution in [3.8, 4) is 5.75 Å². The summed E-state index contributed by atoms with van der Waals surface area (Å²) >= 11 is 0. The van der Waals surface area contributed by atoms with Gasteiger partial charge in [0.05, 0.1) is 18.2 Å². The molecule has 28 heavy (non-hydrogen) atoms. The fourth-order valence-corrected chi connectivity index (χ4v) is 3.83. The van der Waals surface area contributed by atoms with Crippen molar-refractivity contribution >= 4 is 6.09 Å². The lowest BCUT2D eigenvalue weighted by Crippen LogP contribution is -2.37. The highest BCUT2D eigenvalue weighted by molar-refractivity contribution is 5.65. The Kier molecular flexibility index (Phi) is 5.33. The summed E-state index contributed by atoms with van der Waals surface area (Å²) in [7, 11) is 0. The van der Waals surface area contributed by atoms with Gasteiger partial charge in [-0.3, -0.25) is 0 Å². The summed E-state index contributed by atoms with van der Waals surface area (Å²) in [6, 6.07) is 22.0. The third-order valence-electron chi connectivity index (χ3n) is 5.24. The molecule has 0 bridgehead atoms. The van der Waals surface area contributed by atoms with Crippen molar-refractivity contribution in [1.82, 2.24) is 4.90 Å². The van der Waals surface area contributed by atoms with E-state index in [0.717, 1.165) is 35.5 Å². The SMILES string of the molecule is O=C(O)N1CCC[C@@H]1COc1ccc(C(c2ccccc2)c2ccco2)cc1. The van der Waals surface area contributed by atoms with Gasteiger partial charge in [0, 0.05) is 6.54 Å². The molecule has 5 nitrogen and oxygen atoms in total. The summed E-state index contributed by atoms with van der Waals surface area (Å²) in [5.41, 5.74) is 2.27. The van der Waals surface area contributed by atoms with E-state index in [0.29, 0.717) is 13.2 Å². The molecule has 1 amide bonds. The van der Waals surface area contributed by atoms with Gasteiger partial charge >= 0.3 is 6.09 Å². The monoisotopic (exact) mass is 377 g/mol. The van der Waals surface area contributed by atoms with E-state index in [1.54, 1.807) is 6.26 Å². The first kappa shape index (κ1) is 18.2. The van der Waals surface area contributed by atoms with Crippen LogP contribution in [0.25, 0.3) is 0 Å². The van der Waals surface area contributed by atoms with E-state index < -0.39 is 6.09 Å². The first-order chi connectivity index (χ1) is 13.7. The number of ether oxygens (including phenoxy) is 1. The van der Waals surface area contributed by atoms with Crippen molar-refractivity contribution in [1.29, 1.82) is 0 Å². The van der Waals surface area contributed by atoms with Gasteiger partial charge in [0.2, 0.25) is 0 Å². The fraction of sp³-hybridized carbons (Fsp3) is 0.261. The predicted molar refractivity (Wildman–Crippen MR) is 106 cm³/mol. The first-order valence-electron chi connectivity index (χ1n) is 9.53. The van der Waals surface area contributed by atoms with E-state index in [-0.39, 0.29) is 12.0 Å². The minimum Gasteiger partial charge on any atom is -0.491 e. The Labute approximate surface area is 164 Å². The molecule has 1 unspecified atom stereocenters. The molecule has 0 radical (unpaired) electrons. The number of likely N-dealkylation sites (tertiary alicyclic amines) is 1. The summed E-state index contributed by atoms with van der Waals surface area (Å²) in [4.78, 5) is 12.7. The van der Waals surface area contributed by atoms with Crippen molar-refractivity contribution < 1.29 is 19.1 Å². The van der Waals surface area contributed by atoms with Crippen LogP contribution in [0.15, 0.2) is 77.4 Å². The maximum atomic E-state index is 11.3. The molecule has 144 valence electrons. The van der Waals surface area contributed by atoms with Crippen LogP contribution >= 0.6 is 0 Å². The normalized spacial score (nSPS) is 17.4. The van der Waals surface area contributed by atoms with Crippen LogP contribution in [0, 0.1) is 0 Å². The molecule has 1 aromatic heterocycles. The number of carbonyl (C=O) groups is 1. The smallest absolute Gasteiger partial charge is 0.407 e. The van der Waals surface area contributed by atoms with E-state index in [2.05, 4.69) is 12.1 Å². The van der Waals surface area contributed by atoms with Crippen LogP contribution in [0.2, 0.25) is 0 Å². The van der Waals surface area contributed by atoms with Crippen molar-refractivity contribution in [3.05, 3.63) is 89.9 Å². The molecule has 1 N–H and O–H groups in total. The molecule has 0 aliphatic carbocycles. The summed E-state index contributed by atoms with van der Waals surface area (Å²) in [5, 5.41) is 9.24. The lowest BCUT2D eigenvalue weighted by atomic mass is 9.89. The molecule has 0 spiro atoms. The van der Waals surface area contributed by atoms with Gasteiger partial charge in [0.1, 0.15) is 18.1 Å². The zero-order valence-electron chi connectivity index (χ0n) is 15.5.